The standard InChI is InChI=1S/C20H29NO4/c1-3-4-5-13-25-18-8-6-17(7-9-18)19(22)10-11-20(23)21-12-14-24-16(2)15-21/h6-9,16H,3-5,10-15H2,1-2H3. The fourth-order valence-corrected chi connectivity index (χ4v) is 2.85. The van der Waals surface area contributed by atoms with Crippen molar-refractivity contribution in [2.24, 2.45) is 0 Å². The highest BCUT2D eigenvalue weighted by Crippen LogP contribution is 2.15. The molecule has 25 heavy (non-hydrogen) atoms. The predicted molar refractivity (Wildman–Crippen MR) is 97.0 cm³/mol. The summed E-state index contributed by atoms with van der Waals surface area (Å²) in [7, 11) is 0. The number of carbonyl (C=O) groups excluding carboxylic acids is 2. The second-order valence-electron chi connectivity index (χ2n) is 6.52. The summed E-state index contributed by atoms with van der Waals surface area (Å²) in [6, 6.07) is 7.20. The molecule has 1 atom stereocenters. The molecule has 0 N–H and O–H groups in total. The Hall–Kier alpha value is -1.88. The van der Waals surface area contributed by atoms with Crippen molar-refractivity contribution < 1.29 is 19.1 Å². The van der Waals surface area contributed by atoms with Crippen LogP contribution in [0.4, 0.5) is 0 Å². The summed E-state index contributed by atoms with van der Waals surface area (Å²) in [5.41, 5.74) is 0.629. The van der Waals surface area contributed by atoms with E-state index < -0.39 is 0 Å². The highest BCUT2D eigenvalue weighted by Gasteiger charge is 2.21. The third-order valence-corrected chi connectivity index (χ3v) is 4.35. The van der Waals surface area contributed by atoms with Crippen molar-refractivity contribution in [3.05, 3.63) is 29.8 Å². The molecule has 2 rings (SSSR count). The van der Waals surface area contributed by atoms with E-state index >= 15 is 0 Å². The molecule has 1 amide bonds. The molecule has 1 unspecified atom stereocenters. The predicted octanol–water partition coefficient (Wildman–Crippen LogP) is 3.47. The normalized spacial score (nSPS) is 17.4. The van der Waals surface area contributed by atoms with Gasteiger partial charge in [-0.05, 0) is 37.6 Å². The summed E-state index contributed by atoms with van der Waals surface area (Å²) in [5, 5.41) is 0. The van der Waals surface area contributed by atoms with Gasteiger partial charge in [0.2, 0.25) is 5.91 Å². The highest BCUT2D eigenvalue weighted by atomic mass is 16.5. The SMILES string of the molecule is CCCCCOc1ccc(C(=O)CCC(=O)N2CCOC(C)C2)cc1. The average molecular weight is 347 g/mol. The minimum Gasteiger partial charge on any atom is -0.494 e. The maximum Gasteiger partial charge on any atom is 0.223 e. The molecular weight excluding hydrogens is 318 g/mol. The number of rotatable bonds is 9. The Balaban J connectivity index is 1.75. The summed E-state index contributed by atoms with van der Waals surface area (Å²) >= 11 is 0. The number of amides is 1. The molecule has 1 aliphatic rings. The van der Waals surface area contributed by atoms with Gasteiger partial charge < -0.3 is 14.4 Å². The van der Waals surface area contributed by atoms with Crippen LogP contribution in [-0.4, -0.2) is 49.0 Å². The number of ketones is 1. The van der Waals surface area contributed by atoms with Gasteiger partial charge in [-0.25, -0.2) is 0 Å². The van der Waals surface area contributed by atoms with Crippen LogP contribution in [-0.2, 0) is 9.53 Å². The molecule has 0 bridgehead atoms. The van der Waals surface area contributed by atoms with Gasteiger partial charge in [-0.2, -0.15) is 0 Å². The average Bonchev–Trinajstić information content (AvgIpc) is 2.63. The largest absolute Gasteiger partial charge is 0.494 e. The van der Waals surface area contributed by atoms with Crippen molar-refractivity contribution in [1.82, 2.24) is 4.90 Å². The van der Waals surface area contributed by atoms with Crippen molar-refractivity contribution in [3.63, 3.8) is 0 Å². The van der Waals surface area contributed by atoms with Gasteiger partial charge in [0.15, 0.2) is 5.78 Å². The first-order valence-corrected chi connectivity index (χ1v) is 9.25. The number of hydrogen-bond acceptors (Lipinski definition) is 4. The van der Waals surface area contributed by atoms with E-state index in [-0.39, 0.29) is 30.6 Å². The second kappa shape index (κ2) is 10.2. The van der Waals surface area contributed by atoms with Crippen LogP contribution >= 0.6 is 0 Å². The third kappa shape index (κ3) is 6.50. The first kappa shape index (κ1) is 19.4. The number of carbonyl (C=O) groups is 2. The van der Waals surface area contributed by atoms with Gasteiger partial charge in [-0.15, -0.1) is 0 Å². The summed E-state index contributed by atoms with van der Waals surface area (Å²) in [5.74, 6) is 0.803. The smallest absolute Gasteiger partial charge is 0.223 e. The van der Waals surface area contributed by atoms with Gasteiger partial charge in [-0.3, -0.25) is 9.59 Å². The van der Waals surface area contributed by atoms with Crippen LogP contribution < -0.4 is 4.74 Å². The minimum absolute atomic E-state index is 0.00723. The van der Waals surface area contributed by atoms with E-state index in [0.717, 1.165) is 18.6 Å². The Labute approximate surface area is 150 Å². The molecule has 5 nitrogen and oxygen atoms in total. The molecule has 0 aliphatic carbocycles. The second-order valence-corrected chi connectivity index (χ2v) is 6.52. The molecule has 1 fully saturated rings. The first-order valence-electron chi connectivity index (χ1n) is 9.25. The number of nitrogens with zero attached hydrogens (tertiary/aromatic N) is 1. The summed E-state index contributed by atoms with van der Waals surface area (Å²) in [4.78, 5) is 26.3. The number of benzene rings is 1. The molecule has 1 saturated heterocycles. The fraction of sp³-hybridized carbons (Fsp3) is 0.600. The van der Waals surface area contributed by atoms with Crippen LogP contribution in [0.25, 0.3) is 0 Å². The molecule has 0 spiro atoms. The zero-order chi connectivity index (χ0) is 18.1. The van der Waals surface area contributed by atoms with Crippen molar-refractivity contribution in [2.45, 2.75) is 52.1 Å². The van der Waals surface area contributed by atoms with Crippen LogP contribution in [0.2, 0.25) is 0 Å². The summed E-state index contributed by atoms with van der Waals surface area (Å²) in [6.45, 7) is 6.61. The van der Waals surface area contributed by atoms with Crippen LogP contribution in [0.5, 0.6) is 5.75 Å². The Kier molecular flexibility index (Phi) is 7.92. The van der Waals surface area contributed by atoms with E-state index in [2.05, 4.69) is 6.92 Å². The molecule has 0 radical (unpaired) electrons. The lowest BCUT2D eigenvalue weighted by Gasteiger charge is -2.31. The van der Waals surface area contributed by atoms with E-state index in [1.54, 1.807) is 17.0 Å². The van der Waals surface area contributed by atoms with Crippen LogP contribution in [0.1, 0.15) is 56.3 Å². The lowest BCUT2D eigenvalue weighted by Crippen LogP contribution is -2.44. The number of unbranched alkanes of at least 4 members (excludes halogenated alkanes) is 2. The molecule has 1 aliphatic heterocycles. The van der Waals surface area contributed by atoms with Crippen molar-refractivity contribution >= 4 is 11.7 Å². The van der Waals surface area contributed by atoms with Gasteiger partial charge in [-0.1, -0.05) is 19.8 Å². The number of ether oxygens (including phenoxy) is 2. The van der Waals surface area contributed by atoms with Crippen LogP contribution in [0.3, 0.4) is 0 Å². The molecule has 1 aromatic rings. The number of Topliss-reactive ketones (excluding diaryl/α,β-unsaturated/α-hetero) is 1. The van der Waals surface area contributed by atoms with Gasteiger partial charge >= 0.3 is 0 Å². The van der Waals surface area contributed by atoms with Gasteiger partial charge in [0.05, 0.1) is 19.3 Å². The Morgan fingerprint density at radius 2 is 1.96 bits per heavy atom. The third-order valence-electron chi connectivity index (χ3n) is 4.35. The van der Waals surface area contributed by atoms with E-state index in [4.69, 9.17) is 9.47 Å². The van der Waals surface area contributed by atoms with E-state index in [0.29, 0.717) is 31.9 Å². The maximum atomic E-state index is 12.3. The lowest BCUT2D eigenvalue weighted by molar-refractivity contribution is -0.138. The summed E-state index contributed by atoms with van der Waals surface area (Å²) in [6.07, 6.45) is 3.92. The first-order chi connectivity index (χ1) is 12.1. The molecular formula is C20H29NO4. The zero-order valence-corrected chi connectivity index (χ0v) is 15.3. The van der Waals surface area contributed by atoms with Gasteiger partial charge in [0.25, 0.3) is 0 Å². The van der Waals surface area contributed by atoms with Crippen molar-refractivity contribution in [3.8, 4) is 5.75 Å². The number of hydrogen-bond donors (Lipinski definition) is 0. The Morgan fingerprint density at radius 3 is 2.64 bits per heavy atom. The Morgan fingerprint density at radius 1 is 1.20 bits per heavy atom. The number of morpholine rings is 1. The van der Waals surface area contributed by atoms with Crippen molar-refractivity contribution in [1.29, 1.82) is 0 Å². The minimum atomic E-state index is -0.00723. The van der Waals surface area contributed by atoms with Gasteiger partial charge in [0, 0.05) is 31.5 Å². The summed E-state index contributed by atoms with van der Waals surface area (Å²) < 4.78 is 11.1. The van der Waals surface area contributed by atoms with E-state index in [1.807, 2.05) is 19.1 Å². The van der Waals surface area contributed by atoms with Gasteiger partial charge in [0.1, 0.15) is 5.75 Å². The monoisotopic (exact) mass is 347 g/mol. The zero-order valence-electron chi connectivity index (χ0n) is 15.3. The van der Waals surface area contributed by atoms with Crippen LogP contribution in [0.15, 0.2) is 24.3 Å². The molecule has 0 aromatic heterocycles. The van der Waals surface area contributed by atoms with Crippen LogP contribution in [0, 0.1) is 0 Å². The highest BCUT2D eigenvalue weighted by molar-refractivity contribution is 5.98. The lowest BCUT2D eigenvalue weighted by atomic mass is 10.1. The van der Waals surface area contributed by atoms with E-state index in [1.165, 1.54) is 6.42 Å². The molecule has 1 heterocycles. The molecule has 5 heteroatoms. The fourth-order valence-electron chi connectivity index (χ4n) is 2.85. The Bertz CT molecular complexity index is 555. The van der Waals surface area contributed by atoms with E-state index in [9.17, 15) is 9.59 Å². The quantitative estimate of drug-likeness (QED) is 0.507. The molecule has 138 valence electrons. The molecule has 0 saturated carbocycles. The maximum absolute atomic E-state index is 12.3. The molecule has 1 aromatic carbocycles. The topological polar surface area (TPSA) is 55.8 Å². The van der Waals surface area contributed by atoms with Crippen molar-refractivity contribution in [2.75, 3.05) is 26.3 Å².